The molecule has 0 aliphatic carbocycles. The van der Waals surface area contributed by atoms with Crippen molar-refractivity contribution in [2.75, 3.05) is 37.6 Å². The summed E-state index contributed by atoms with van der Waals surface area (Å²) in [5.41, 5.74) is 3.00. The molecule has 2 bridgehead atoms. The molecule has 4 nitrogen and oxygen atoms in total. The second kappa shape index (κ2) is 10.0. The van der Waals surface area contributed by atoms with Crippen LogP contribution in [0.4, 0.5) is 11.4 Å². The van der Waals surface area contributed by atoms with Gasteiger partial charge in [-0.3, -0.25) is 4.79 Å². The average molecular weight is 448 g/mol. The molecule has 0 N–H and O–H groups in total. The van der Waals surface area contributed by atoms with Gasteiger partial charge in [0.05, 0.1) is 0 Å². The lowest BCUT2D eigenvalue weighted by Gasteiger charge is -2.49. The normalized spacial score (nSPS) is 22.3. The van der Waals surface area contributed by atoms with E-state index < -0.39 is 0 Å². The number of amides is 1. The summed E-state index contributed by atoms with van der Waals surface area (Å²) in [6, 6.07) is 16.7. The van der Waals surface area contributed by atoms with Crippen molar-refractivity contribution in [2.24, 2.45) is 5.92 Å². The molecule has 30 heavy (non-hydrogen) atoms. The van der Waals surface area contributed by atoms with Crippen LogP contribution in [0, 0.1) is 5.92 Å². The van der Waals surface area contributed by atoms with E-state index in [2.05, 4.69) is 28.0 Å². The second-order valence-corrected chi connectivity index (χ2v) is 8.52. The highest BCUT2D eigenvalue weighted by atomic mass is 35.5. The Labute approximate surface area is 191 Å². The zero-order valence-electron chi connectivity index (χ0n) is 17.8. The molecule has 3 aliphatic heterocycles. The van der Waals surface area contributed by atoms with Gasteiger partial charge in [0.2, 0.25) is 0 Å². The van der Waals surface area contributed by atoms with E-state index in [0.29, 0.717) is 12.0 Å². The summed E-state index contributed by atoms with van der Waals surface area (Å²) in [7, 11) is 0. The van der Waals surface area contributed by atoms with Gasteiger partial charge in [-0.2, -0.15) is 0 Å². The molecule has 0 radical (unpaired) electrons. The summed E-state index contributed by atoms with van der Waals surface area (Å²) >= 11 is 6.34. The van der Waals surface area contributed by atoms with Gasteiger partial charge < -0.3 is 14.7 Å². The van der Waals surface area contributed by atoms with Gasteiger partial charge in [0.1, 0.15) is 0 Å². The fourth-order valence-electron chi connectivity index (χ4n) is 4.84. The van der Waals surface area contributed by atoms with Crippen molar-refractivity contribution in [1.82, 2.24) is 9.80 Å². The van der Waals surface area contributed by atoms with Crippen LogP contribution in [0.5, 0.6) is 0 Å². The number of carbonyl (C=O) groups is 1. The maximum absolute atomic E-state index is 12.7. The fraction of sp³-hybridized carbons (Fsp3) is 0.458. The van der Waals surface area contributed by atoms with E-state index in [1.54, 1.807) is 0 Å². The summed E-state index contributed by atoms with van der Waals surface area (Å²) in [6.45, 7) is 8.99. The molecule has 3 aliphatic rings. The van der Waals surface area contributed by atoms with Gasteiger partial charge in [-0.05, 0) is 88.2 Å². The van der Waals surface area contributed by atoms with Crippen LogP contribution in [-0.2, 0) is 0 Å². The van der Waals surface area contributed by atoms with Crippen LogP contribution in [0.25, 0.3) is 0 Å². The minimum atomic E-state index is 0. The van der Waals surface area contributed by atoms with E-state index in [1.165, 1.54) is 25.9 Å². The van der Waals surface area contributed by atoms with E-state index in [4.69, 9.17) is 11.6 Å². The summed E-state index contributed by atoms with van der Waals surface area (Å²) in [5.74, 6) is 0.787. The number of rotatable bonds is 6. The summed E-state index contributed by atoms with van der Waals surface area (Å²) < 4.78 is 0. The lowest BCUT2D eigenvalue weighted by molar-refractivity contribution is 0.0773. The Kier molecular flexibility index (Phi) is 7.67. The lowest BCUT2D eigenvalue weighted by atomic mass is 9.82. The fourth-order valence-corrected chi connectivity index (χ4v) is 5.03. The number of anilines is 2. The van der Waals surface area contributed by atoms with Crippen LogP contribution in [-0.4, -0.2) is 54.5 Å². The zero-order chi connectivity index (χ0) is 20.4. The SMILES string of the molecule is CCN(CC)C(=O)c1ccc(N(c2cccc(Cl)c2)C2CN3CCC2CC3)cc1.Cl. The van der Waals surface area contributed by atoms with Gasteiger partial charge in [0.15, 0.2) is 0 Å². The first-order chi connectivity index (χ1) is 14.1. The molecule has 1 atom stereocenters. The third kappa shape index (κ3) is 4.61. The number of hydrogen-bond acceptors (Lipinski definition) is 3. The number of benzene rings is 2. The van der Waals surface area contributed by atoms with Gasteiger partial charge >= 0.3 is 0 Å². The van der Waals surface area contributed by atoms with Crippen LogP contribution in [0.2, 0.25) is 5.02 Å². The minimum Gasteiger partial charge on any atom is -0.339 e. The number of piperidine rings is 3. The first-order valence-corrected chi connectivity index (χ1v) is 11.1. The van der Waals surface area contributed by atoms with E-state index in [9.17, 15) is 4.79 Å². The topological polar surface area (TPSA) is 26.8 Å². The highest BCUT2D eigenvalue weighted by Crippen LogP contribution is 2.38. The average Bonchev–Trinajstić information content (AvgIpc) is 2.76. The Morgan fingerprint density at radius 1 is 1.03 bits per heavy atom. The monoisotopic (exact) mass is 447 g/mol. The third-order valence-electron chi connectivity index (χ3n) is 6.48. The smallest absolute Gasteiger partial charge is 0.253 e. The maximum Gasteiger partial charge on any atom is 0.253 e. The van der Waals surface area contributed by atoms with Crippen molar-refractivity contribution >= 4 is 41.3 Å². The molecule has 0 saturated carbocycles. The van der Waals surface area contributed by atoms with E-state index in [1.807, 2.05) is 49.1 Å². The molecule has 1 amide bonds. The molecule has 3 fully saturated rings. The minimum absolute atomic E-state index is 0. The molecule has 162 valence electrons. The summed E-state index contributed by atoms with van der Waals surface area (Å²) in [6.07, 6.45) is 2.50. The highest BCUT2D eigenvalue weighted by Gasteiger charge is 2.38. The van der Waals surface area contributed by atoms with Crippen LogP contribution in [0.15, 0.2) is 48.5 Å². The Morgan fingerprint density at radius 3 is 2.23 bits per heavy atom. The van der Waals surface area contributed by atoms with Crippen molar-refractivity contribution in [1.29, 1.82) is 0 Å². The highest BCUT2D eigenvalue weighted by molar-refractivity contribution is 6.30. The van der Waals surface area contributed by atoms with E-state index in [0.717, 1.165) is 41.6 Å². The second-order valence-electron chi connectivity index (χ2n) is 8.08. The van der Waals surface area contributed by atoms with Crippen molar-refractivity contribution in [3.8, 4) is 0 Å². The van der Waals surface area contributed by atoms with Crippen molar-refractivity contribution in [3.63, 3.8) is 0 Å². The number of fused-ring (bicyclic) bond motifs is 3. The van der Waals surface area contributed by atoms with Crippen LogP contribution in [0.1, 0.15) is 37.0 Å². The summed E-state index contributed by atoms with van der Waals surface area (Å²) in [4.78, 5) is 19.6. The maximum atomic E-state index is 12.7. The third-order valence-corrected chi connectivity index (χ3v) is 6.72. The molecular formula is C24H31Cl2N3O. The zero-order valence-corrected chi connectivity index (χ0v) is 19.3. The molecule has 1 unspecified atom stereocenters. The molecule has 2 aromatic rings. The van der Waals surface area contributed by atoms with Gasteiger partial charge in [-0.1, -0.05) is 17.7 Å². The summed E-state index contributed by atoms with van der Waals surface area (Å²) in [5, 5.41) is 0.752. The quantitative estimate of drug-likeness (QED) is 0.586. The lowest BCUT2D eigenvalue weighted by Crippen LogP contribution is -2.56. The number of halogens is 2. The number of nitrogens with zero attached hydrogens (tertiary/aromatic N) is 3. The van der Waals surface area contributed by atoms with Crippen LogP contribution in [0.3, 0.4) is 0 Å². The predicted molar refractivity (Wildman–Crippen MR) is 127 cm³/mol. The van der Waals surface area contributed by atoms with Gasteiger partial charge in [0, 0.05) is 47.6 Å². The van der Waals surface area contributed by atoms with Crippen molar-refractivity contribution in [2.45, 2.75) is 32.7 Å². The van der Waals surface area contributed by atoms with Gasteiger partial charge in [-0.25, -0.2) is 0 Å². The molecule has 3 saturated heterocycles. The van der Waals surface area contributed by atoms with E-state index >= 15 is 0 Å². The molecule has 6 heteroatoms. The van der Waals surface area contributed by atoms with Gasteiger partial charge in [0.25, 0.3) is 5.91 Å². The Morgan fingerprint density at radius 2 is 1.70 bits per heavy atom. The first-order valence-electron chi connectivity index (χ1n) is 10.8. The van der Waals surface area contributed by atoms with Gasteiger partial charge in [-0.15, -0.1) is 12.4 Å². The number of carbonyl (C=O) groups excluding carboxylic acids is 1. The first kappa shape index (κ1) is 22.9. The Hall–Kier alpha value is -1.75. The molecule has 5 rings (SSSR count). The molecule has 2 aromatic carbocycles. The molecule has 0 spiro atoms. The molecule has 3 heterocycles. The predicted octanol–water partition coefficient (Wildman–Crippen LogP) is 5.48. The van der Waals surface area contributed by atoms with Crippen LogP contribution >= 0.6 is 24.0 Å². The largest absolute Gasteiger partial charge is 0.339 e. The Bertz CT molecular complexity index is 846. The standard InChI is InChI=1S/C24H30ClN3O.ClH/c1-3-27(4-2)24(29)19-8-10-21(11-9-19)28(22-7-5-6-20(25)16-22)23-17-26-14-12-18(23)13-15-26;/h5-11,16,18,23H,3-4,12-15,17H2,1-2H3;1H. The number of hydrogen-bond donors (Lipinski definition) is 0. The van der Waals surface area contributed by atoms with Crippen molar-refractivity contribution in [3.05, 3.63) is 59.1 Å². The molecule has 0 aromatic heterocycles. The van der Waals surface area contributed by atoms with Crippen molar-refractivity contribution < 1.29 is 4.79 Å². The molecular weight excluding hydrogens is 417 g/mol. The van der Waals surface area contributed by atoms with Crippen LogP contribution < -0.4 is 4.90 Å². The van der Waals surface area contributed by atoms with E-state index in [-0.39, 0.29) is 18.3 Å². The Balaban J connectivity index is 0.00000256.